The van der Waals surface area contributed by atoms with E-state index in [0.29, 0.717) is 40.5 Å². The first-order valence-electron chi connectivity index (χ1n) is 12.7. The molecule has 0 amide bonds. The molecule has 7 rings (SSSR count). The van der Waals surface area contributed by atoms with Crippen molar-refractivity contribution in [3.63, 3.8) is 0 Å². The van der Waals surface area contributed by atoms with Crippen LogP contribution in [0.1, 0.15) is 35.9 Å². The lowest BCUT2D eigenvalue weighted by Gasteiger charge is -2.18. The van der Waals surface area contributed by atoms with Gasteiger partial charge in [0.2, 0.25) is 11.7 Å². The van der Waals surface area contributed by atoms with E-state index >= 15 is 0 Å². The number of likely N-dealkylation sites (tertiary alicyclic amines) is 1. The Bertz CT molecular complexity index is 1710. The van der Waals surface area contributed by atoms with E-state index in [0.717, 1.165) is 10.8 Å². The third-order valence-electron chi connectivity index (χ3n) is 6.68. The van der Waals surface area contributed by atoms with Crippen LogP contribution in [0.2, 0.25) is 0 Å². The van der Waals surface area contributed by atoms with Gasteiger partial charge in [0.05, 0.1) is 6.20 Å². The zero-order chi connectivity index (χ0) is 26.8. The zero-order valence-electron chi connectivity index (χ0n) is 22.0. The Balaban J connectivity index is 0.000000193. The summed E-state index contributed by atoms with van der Waals surface area (Å²) < 4.78 is 14.3. The number of aryl methyl sites for hydroxylation is 2. The Hall–Kier alpha value is -4.71. The molecule has 5 aromatic heterocycles. The van der Waals surface area contributed by atoms with Crippen LogP contribution in [0, 0.1) is 6.92 Å². The Morgan fingerprint density at radius 2 is 1.92 bits per heavy atom. The van der Waals surface area contributed by atoms with E-state index in [-0.39, 0.29) is 6.61 Å². The first kappa shape index (κ1) is 24.6. The molecule has 39 heavy (non-hydrogen) atoms. The third-order valence-corrected chi connectivity index (χ3v) is 6.68. The van der Waals surface area contributed by atoms with E-state index in [1.165, 1.54) is 24.9 Å². The molecule has 0 spiro atoms. The van der Waals surface area contributed by atoms with E-state index in [1.807, 2.05) is 49.6 Å². The highest BCUT2D eigenvalue weighted by Gasteiger charge is 2.22. The summed E-state index contributed by atoms with van der Waals surface area (Å²) in [7, 11) is 3.99. The maximum absolute atomic E-state index is 5.95. The largest absolute Gasteiger partial charge is 0.470 e. The van der Waals surface area contributed by atoms with Gasteiger partial charge in [-0.2, -0.15) is 4.52 Å². The SMILES string of the molecule is CN1CCC[C@H]1c1cccnc1.Cc1cc(-c2nnc3c4ccccc4c(OCc4cn(C)nn4)nn23)no1. The van der Waals surface area contributed by atoms with Gasteiger partial charge in [-0.1, -0.05) is 34.6 Å². The van der Waals surface area contributed by atoms with Crippen LogP contribution in [-0.2, 0) is 13.7 Å². The number of hydrogen-bond donors (Lipinski definition) is 0. The second-order valence-electron chi connectivity index (χ2n) is 9.53. The average molecular weight is 525 g/mol. The van der Waals surface area contributed by atoms with Crippen molar-refractivity contribution in [1.29, 1.82) is 0 Å². The van der Waals surface area contributed by atoms with Crippen LogP contribution in [0.15, 0.2) is 65.6 Å². The van der Waals surface area contributed by atoms with E-state index in [2.05, 4.69) is 53.8 Å². The molecule has 0 aliphatic carbocycles. The van der Waals surface area contributed by atoms with E-state index in [1.54, 1.807) is 28.5 Å². The van der Waals surface area contributed by atoms with E-state index in [4.69, 9.17) is 9.26 Å². The normalized spacial score (nSPS) is 15.5. The fraction of sp³-hybridized carbons (Fsp3) is 0.296. The predicted octanol–water partition coefficient (Wildman–Crippen LogP) is 3.80. The van der Waals surface area contributed by atoms with Crippen molar-refractivity contribution in [2.24, 2.45) is 7.05 Å². The van der Waals surface area contributed by atoms with Crippen LogP contribution < -0.4 is 4.74 Å². The molecule has 12 heteroatoms. The van der Waals surface area contributed by atoms with Crippen LogP contribution in [0.3, 0.4) is 0 Å². The minimum absolute atomic E-state index is 0.247. The molecule has 1 aliphatic rings. The van der Waals surface area contributed by atoms with Crippen LogP contribution in [0.5, 0.6) is 5.88 Å². The molecular weight excluding hydrogens is 496 g/mol. The number of fused-ring (bicyclic) bond motifs is 3. The summed E-state index contributed by atoms with van der Waals surface area (Å²) in [5.74, 6) is 1.61. The highest BCUT2D eigenvalue weighted by Crippen LogP contribution is 2.30. The Morgan fingerprint density at radius 1 is 1.05 bits per heavy atom. The number of aromatic nitrogens is 9. The van der Waals surface area contributed by atoms with Gasteiger partial charge in [-0.15, -0.1) is 20.4 Å². The molecule has 0 N–H and O–H groups in total. The van der Waals surface area contributed by atoms with Crippen LogP contribution in [0.4, 0.5) is 0 Å². The third kappa shape index (κ3) is 5.06. The lowest BCUT2D eigenvalue weighted by molar-refractivity contribution is 0.289. The van der Waals surface area contributed by atoms with Gasteiger partial charge in [0.15, 0.2) is 11.3 Å². The molecule has 1 saturated heterocycles. The highest BCUT2D eigenvalue weighted by molar-refractivity contribution is 5.96. The van der Waals surface area contributed by atoms with Crippen molar-refractivity contribution in [2.75, 3.05) is 13.6 Å². The molecule has 1 atom stereocenters. The highest BCUT2D eigenvalue weighted by atomic mass is 16.5. The lowest BCUT2D eigenvalue weighted by atomic mass is 10.1. The molecule has 0 radical (unpaired) electrons. The molecule has 6 heterocycles. The number of rotatable bonds is 5. The number of ether oxygens (including phenoxy) is 1. The summed E-state index contributed by atoms with van der Waals surface area (Å²) >= 11 is 0. The minimum Gasteiger partial charge on any atom is -0.470 e. The van der Waals surface area contributed by atoms with Crippen LogP contribution >= 0.6 is 0 Å². The first-order chi connectivity index (χ1) is 19.1. The molecule has 0 unspecified atom stereocenters. The standard InChI is InChI=1S/C17H14N8O2.C10H14N2/c1-10-7-14(22-27-10)16-20-19-15-12-5-3-4-6-13(12)17(21-25(15)16)26-9-11-8-24(2)23-18-11;1-12-7-3-5-10(12)9-4-2-6-11-8-9/h3-8H,9H2,1-2H3;2,4,6,8,10H,3,5,7H2,1H3/t;10-/m.0/s1. The van der Waals surface area contributed by atoms with Gasteiger partial charge < -0.3 is 9.26 Å². The van der Waals surface area contributed by atoms with Gasteiger partial charge in [-0.05, 0) is 51.1 Å². The van der Waals surface area contributed by atoms with Crippen LogP contribution in [0.25, 0.3) is 27.9 Å². The van der Waals surface area contributed by atoms with Gasteiger partial charge >= 0.3 is 0 Å². The van der Waals surface area contributed by atoms with Crippen molar-refractivity contribution in [3.8, 4) is 17.4 Å². The van der Waals surface area contributed by atoms with Gasteiger partial charge in [-0.25, -0.2) is 0 Å². The topological polar surface area (TPSA) is 125 Å². The van der Waals surface area contributed by atoms with E-state index in [9.17, 15) is 0 Å². The molecular formula is C27H28N10O2. The number of pyridine rings is 1. The minimum atomic E-state index is 0.247. The summed E-state index contributed by atoms with van der Waals surface area (Å²) in [6.07, 6.45) is 8.20. The fourth-order valence-electron chi connectivity index (χ4n) is 4.80. The Kier molecular flexibility index (Phi) is 6.68. The fourth-order valence-corrected chi connectivity index (χ4v) is 4.80. The molecule has 1 aromatic carbocycles. The molecule has 0 bridgehead atoms. The van der Waals surface area contributed by atoms with Gasteiger partial charge in [-0.3, -0.25) is 14.6 Å². The zero-order valence-corrected chi connectivity index (χ0v) is 22.0. The van der Waals surface area contributed by atoms with Crippen molar-refractivity contribution in [1.82, 2.24) is 49.8 Å². The monoisotopic (exact) mass is 524 g/mol. The molecule has 1 aliphatic heterocycles. The van der Waals surface area contributed by atoms with Gasteiger partial charge in [0.1, 0.15) is 18.1 Å². The number of nitrogens with zero attached hydrogens (tertiary/aromatic N) is 10. The van der Waals surface area contributed by atoms with E-state index < -0.39 is 0 Å². The molecule has 6 aromatic rings. The van der Waals surface area contributed by atoms with Crippen molar-refractivity contribution in [3.05, 3.63) is 78.1 Å². The van der Waals surface area contributed by atoms with Gasteiger partial charge in [0, 0.05) is 42.3 Å². The number of benzene rings is 1. The second-order valence-corrected chi connectivity index (χ2v) is 9.53. The molecule has 0 saturated carbocycles. The van der Waals surface area contributed by atoms with Crippen molar-refractivity contribution >= 4 is 16.4 Å². The second kappa shape index (κ2) is 10.6. The molecule has 1 fully saturated rings. The summed E-state index contributed by atoms with van der Waals surface area (Å²) in [4.78, 5) is 6.54. The van der Waals surface area contributed by atoms with Crippen molar-refractivity contribution in [2.45, 2.75) is 32.4 Å². The predicted molar refractivity (Wildman–Crippen MR) is 143 cm³/mol. The molecule has 198 valence electrons. The quantitative estimate of drug-likeness (QED) is 0.329. The molecule has 12 nitrogen and oxygen atoms in total. The smallest absolute Gasteiger partial charge is 0.240 e. The maximum Gasteiger partial charge on any atom is 0.240 e. The summed E-state index contributed by atoms with van der Waals surface area (Å²) in [5.41, 5.74) is 3.24. The van der Waals surface area contributed by atoms with Crippen molar-refractivity contribution < 1.29 is 9.26 Å². The summed E-state index contributed by atoms with van der Waals surface area (Å²) in [6.45, 7) is 3.29. The Morgan fingerprint density at radius 3 is 2.62 bits per heavy atom. The first-order valence-corrected chi connectivity index (χ1v) is 12.7. The Labute approximate surface area is 224 Å². The summed E-state index contributed by atoms with van der Waals surface area (Å²) in [5, 5.41) is 26.8. The summed E-state index contributed by atoms with van der Waals surface area (Å²) in [6, 6.07) is 14.3. The van der Waals surface area contributed by atoms with Gasteiger partial charge in [0.25, 0.3) is 0 Å². The lowest BCUT2D eigenvalue weighted by Crippen LogP contribution is -2.17. The number of hydrogen-bond acceptors (Lipinski definition) is 10. The maximum atomic E-state index is 5.95. The average Bonchev–Trinajstić information content (AvgIpc) is 3.76. The van der Waals surface area contributed by atoms with Crippen LogP contribution in [-0.4, -0.2) is 63.4 Å².